The zero-order valence-electron chi connectivity index (χ0n) is 19.2. The second-order valence-electron chi connectivity index (χ2n) is 9.32. The van der Waals surface area contributed by atoms with Gasteiger partial charge in [0, 0.05) is 23.2 Å². The fourth-order valence-electron chi connectivity index (χ4n) is 4.64. The molecule has 1 aliphatic heterocycles. The molecule has 6 heteroatoms. The lowest BCUT2D eigenvalue weighted by molar-refractivity contribution is 0.0770. The topological polar surface area (TPSA) is 80.5 Å². The van der Waals surface area contributed by atoms with Crippen LogP contribution in [0.15, 0.2) is 49.2 Å². The van der Waals surface area contributed by atoms with E-state index in [0.717, 1.165) is 53.4 Å². The van der Waals surface area contributed by atoms with E-state index < -0.39 is 5.54 Å². The molecule has 2 fully saturated rings. The summed E-state index contributed by atoms with van der Waals surface area (Å²) in [6.45, 7) is 7.49. The molecule has 3 N–H and O–H groups in total. The molecule has 170 valence electrons. The van der Waals surface area contributed by atoms with Crippen LogP contribution in [0.25, 0.3) is 17.0 Å². The number of nitrogens with zero attached hydrogens (tertiary/aromatic N) is 2. The standard InChI is InChI=1S/C27H30N4O2/c1-4-18-13-22(20-6-5-10-29-24(20)14-18)27(8-9-27)30-26(32)21-15-25(23(28)12-17(21)2)33-16-19-7-11-31(19)3/h4-6,10,12-15,19H,1,7-9,11,16,28H2,2-3H3,(H,30,32)/t19-/m0/s1. The molecule has 1 saturated heterocycles. The number of anilines is 1. The van der Waals surface area contributed by atoms with Crippen LogP contribution in [0.4, 0.5) is 5.69 Å². The molecule has 1 atom stereocenters. The number of carbonyl (C=O) groups is 1. The van der Waals surface area contributed by atoms with Crippen molar-refractivity contribution in [3.05, 3.63) is 71.4 Å². The Hall–Kier alpha value is -3.38. The number of amides is 1. The molecule has 0 radical (unpaired) electrons. The van der Waals surface area contributed by atoms with Crippen molar-refractivity contribution in [2.75, 3.05) is 25.9 Å². The van der Waals surface area contributed by atoms with E-state index in [-0.39, 0.29) is 5.91 Å². The van der Waals surface area contributed by atoms with Gasteiger partial charge in [-0.1, -0.05) is 18.7 Å². The van der Waals surface area contributed by atoms with Crippen molar-refractivity contribution in [3.63, 3.8) is 0 Å². The zero-order valence-corrected chi connectivity index (χ0v) is 19.2. The highest BCUT2D eigenvalue weighted by Gasteiger charge is 2.47. The average molecular weight is 443 g/mol. The predicted octanol–water partition coefficient (Wildman–Crippen LogP) is 4.27. The number of aromatic nitrogens is 1. The highest BCUT2D eigenvalue weighted by Crippen LogP contribution is 2.48. The molecule has 1 amide bonds. The van der Waals surface area contributed by atoms with Crippen molar-refractivity contribution >= 4 is 28.6 Å². The lowest BCUT2D eigenvalue weighted by Crippen LogP contribution is -2.48. The van der Waals surface area contributed by atoms with Crippen LogP contribution in [-0.4, -0.2) is 42.0 Å². The van der Waals surface area contributed by atoms with Gasteiger partial charge in [0.2, 0.25) is 0 Å². The molecule has 1 saturated carbocycles. The third kappa shape index (κ3) is 3.95. The first-order chi connectivity index (χ1) is 15.9. The van der Waals surface area contributed by atoms with Gasteiger partial charge in [-0.05, 0) is 86.8 Å². The van der Waals surface area contributed by atoms with Gasteiger partial charge >= 0.3 is 0 Å². The van der Waals surface area contributed by atoms with Crippen LogP contribution in [-0.2, 0) is 5.54 Å². The number of nitrogens with two attached hydrogens (primary N) is 1. The van der Waals surface area contributed by atoms with E-state index in [9.17, 15) is 4.79 Å². The van der Waals surface area contributed by atoms with Gasteiger partial charge in [-0.25, -0.2) is 0 Å². The highest BCUT2D eigenvalue weighted by molar-refractivity contribution is 5.98. The maximum atomic E-state index is 13.5. The van der Waals surface area contributed by atoms with E-state index >= 15 is 0 Å². The van der Waals surface area contributed by atoms with E-state index in [4.69, 9.17) is 10.5 Å². The monoisotopic (exact) mass is 442 g/mol. The van der Waals surface area contributed by atoms with E-state index in [1.54, 1.807) is 12.3 Å². The largest absolute Gasteiger partial charge is 0.490 e. The summed E-state index contributed by atoms with van der Waals surface area (Å²) in [5, 5.41) is 4.38. The molecular formula is C27H30N4O2. The average Bonchev–Trinajstić information content (AvgIpc) is 3.58. The number of pyridine rings is 1. The van der Waals surface area contributed by atoms with Gasteiger partial charge in [-0.3, -0.25) is 14.7 Å². The van der Waals surface area contributed by atoms with E-state index in [1.807, 2.05) is 31.2 Å². The number of benzene rings is 2. The van der Waals surface area contributed by atoms with Gasteiger partial charge in [-0.2, -0.15) is 0 Å². The summed E-state index contributed by atoms with van der Waals surface area (Å²) in [4.78, 5) is 20.2. The highest BCUT2D eigenvalue weighted by atomic mass is 16.5. The summed E-state index contributed by atoms with van der Waals surface area (Å²) in [7, 11) is 2.09. The smallest absolute Gasteiger partial charge is 0.252 e. The first-order valence-electron chi connectivity index (χ1n) is 11.5. The van der Waals surface area contributed by atoms with Crippen molar-refractivity contribution < 1.29 is 9.53 Å². The number of nitrogens with one attached hydrogen (secondary N) is 1. The van der Waals surface area contributed by atoms with Gasteiger partial charge in [-0.15, -0.1) is 0 Å². The molecule has 0 bridgehead atoms. The molecular weight excluding hydrogens is 412 g/mol. The quantitative estimate of drug-likeness (QED) is 0.534. The van der Waals surface area contributed by atoms with Gasteiger partial charge in [0.05, 0.1) is 16.7 Å². The Morgan fingerprint density at radius 3 is 2.85 bits per heavy atom. The Balaban J connectivity index is 1.42. The van der Waals surface area contributed by atoms with E-state index in [1.165, 1.54) is 0 Å². The van der Waals surface area contributed by atoms with Gasteiger partial charge in [0.25, 0.3) is 5.91 Å². The number of hydrogen-bond acceptors (Lipinski definition) is 5. The summed E-state index contributed by atoms with van der Waals surface area (Å²) in [6.07, 6.45) is 6.49. The first kappa shape index (κ1) is 21.5. The zero-order chi connectivity index (χ0) is 23.2. The van der Waals surface area contributed by atoms with Crippen LogP contribution in [0.3, 0.4) is 0 Å². The fourth-order valence-corrected chi connectivity index (χ4v) is 4.64. The molecule has 3 aromatic rings. The maximum absolute atomic E-state index is 13.5. The maximum Gasteiger partial charge on any atom is 0.252 e. The van der Waals surface area contributed by atoms with Gasteiger partial charge < -0.3 is 15.8 Å². The van der Waals surface area contributed by atoms with Gasteiger partial charge in [0.15, 0.2) is 0 Å². The minimum absolute atomic E-state index is 0.114. The molecule has 1 aliphatic carbocycles. The Morgan fingerprint density at radius 1 is 1.36 bits per heavy atom. The first-order valence-corrected chi connectivity index (χ1v) is 11.5. The number of carbonyl (C=O) groups excluding carboxylic acids is 1. The Morgan fingerprint density at radius 2 is 2.18 bits per heavy atom. The summed E-state index contributed by atoms with van der Waals surface area (Å²) in [5.74, 6) is 0.455. The summed E-state index contributed by atoms with van der Waals surface area (Å²) < 4.78 is 6.01. The number of fused-ring (bicyclic) bond motifs is 1. The number of aryl methyl sites for hydroxylation is 1. The molecule has 0 unspecified atom stereocenters. The molecule has 5 rings (SSSR count). The van der Waals surface area contributed by atoms with Crippen LogP contribution in [0.5, 0.6) is 5.75 Å². The summed E-state index contributed by atoms with van der Waals surface area (Å²) in [6, 6.07) is 12.2. The lowest BCUT2D eigenvalue weighted by Gasteiger charge is -2.37. The Labute approximate surface area is 194 Å². The molecule has 2 aromatic carbocycles. The third-order valence-electron chi connectivity index (χ3n) is 7.07. The number of likely N-dealkylation sites (N-methyl/N-ethyl adjacent to an activating group) is 1. The minimum Gasteiger partial charge on any atom is -0.490 e. The lowest BCUT2D eigenvalue weighted by atomic mass is 9.95. The van der Waals surface area contributed by atoms with Crippen LogP contribution in [0.1, 0.15) is 46.3 Å². The third-order valence-corrected chi connectivity index (χ3v) is 7.07. The number of nitrogen functional groups attached to an aromatic ring is 1. The molecule has 6 nitrogen and oxygen atoms in total. The van der Waals surface area contributed by atoms with Crippen molar-refractivity contribution in [1.29, 1.82) is 0 Å². The summed E-state index contributed by atoms with van der Waals surface area (Å²) >= 11 is 0. The number of likely N-dealkylation sites (tertiary alicyclic amines) is 1. The predicted molar refractivity (Wildman–Crippen MR) is 132 cm³/mol. The van der Waals surface area contributed by atoms with Crippen molar-refractivity contribution in [1.82, 2.24) is 15.2 Å². The van der Waals surface area contributed by atoms with Crippen molar-refractivity contribution in [2.24, 2.45) is 0 Å². The van der Waals surface area contributed by atoms with Crippen LogP contribution < -0.4 is 15.8 Å². The van der Waals surface area contributed by atoms with Crippen LogP contribution >= 0.6 is 0 Å². The number of ether oxygens (including phenoxy) is 1. The SMILES string of the molecule is C=Cc1cc(C2(NC(=O)c3cc(OC[C@@H]4CCN4C)c(N)cc3C)CC2)c2cccnc2c1. The molecule has 33 heavy (non-hydrogen) atoms. The van der Waals surface area contributed by atoms with E-state index in [2.05, 4.69) is 41.0 Å². The Bertz CT molecular complexity index is 1250. The number of hydrogen-bond donors (Lipinski definition) is 2. The summed E-state index contributed by atoms with van der Waals surface area (Å²) in [5.41, 5.74) is 10.8. The minimum atomic E-state index is -0.402. The molecule has 1 aromatic heterocycles. The second kappa shape index (κ2) is 8.19. The van der Waals surface area contributed by atoms with Crippen LogP contribution in [0, 0.1) is 6.92 Å². The molecule has 2 heterocycles. The Kier molecular flexibility index (Phi) is 5.33. The van der Waals surface area contributed by atoms with E-state index in [0.29, 0.717) is 29.6 Å². The van der Waals surface area contributed by atoms with Crippen molar-refractivity contribution in [2.45, 2.75) is 37.8 Å². The fraction of sp³-hybridized carbons (Fsp3) is 0.333. The normalized spacial score (nSPS) is 19.0. The molecule has 2 aliphatic rings. The van der Waals surface area contributed by atoms with Crippen molar-refractivity contribution in [3.8, 4) is 5.75 Å². The van der Waals surface area contributed by atoms with Crippen LogP contribution in [0.2, 0.25) is 0 Å². The number of rotatable bonds is 7. The second-order valence-corrected chi connectivity index (χ2v) is 9.32. The van der Waals surface area contributed by atoms with Gasteiger partial charge in [0.1, 0.15) is 12.4 Å². The molecule has 0 spiro atoms.